The quantitative estimate of drug-likeness (QED) is 0.453. The van der Waals surface area contributed by atoms with Crippen LogP contribution in [-0.2, 0) is 33.6 Å². The molecule has 29 heavy (non-hydrogen) atoms. The third-order valence-corrected chi connectivity index (χ3v) is 6.12. The first-order valence-electron chi connectivity index (χ1n) is 10.2. The highest BCUT2D eigenvalue weighted by Gasteiger charge is 2.26. The van der Waals surface area contributed by atoms with Crippen LogP contribution in [0.15, 0.2) is 23.6 Å². The van der Waals surface area contributed by atoms with Gasteiger partial charge in [-0.3, -0.25) is 14.4 Å². The molecular weight excluding hydrogens is 386 g/mol. The number of nitrogens with zero attached hydrogens (tertiary/aromatic N) is 1. The molecule has 0 aliphatic heterocycles. The summed E-state index contributed by atoms with van der Waals surface area (Å²) < 4.78 is 4.93. The zero-order valence-electron chi connectivity index (χ0n) is 17.0. The number of aromatic nitrogens is 1. The van der Waals surface area contributed by atoms with Crippen molar-refractivity contribution in [2.45, 2.75) is 58.8 Å². The van der Waals surface area contributed by atoms with Crippen LogP contribution in [-0.4, -0.2) is 29.1 Å². The summed E-state index contributed by atoms with van der Waals surface area (Å²) in [6.07, 6.45) is 4.66. The molecule has 0 unspecified atom stereocenters. The van der Waals surface area contributed by atoms with Crippen LogP contribution < -0.4 is 0 Å². The minimum Gasteiger partial charge on any atom is -0.466 e. The Hall–Kier alpha value is -2.34. The van der Waals surface area contributed by atoms with Crippen molar-refractivity contribution in [1.82, 2.24) is 4.98 Å². The van der Waals surface area contributed by atoms with Crippen LogP contribution in [0, 0.1) is 12.8 Å². The molecule has 1 heterocycles. The zero-order valence-corrected chi connectivity index (χ0v) is 17.8. The number of ketones is 2. The molecule has 154 valence electrons. The predicted molar refractivity (Wildman–Crippen MR) is 112 cm³/mol. The maximum absolute atomic E-state index is 12.9. The average Bonchev–Trinajstić information content (AvgIpc) is 3.34. The molecule has 0 amide bonds. The van der Waals surface area contributed by atoms with Gasteiger partial charge in [0.05, 0.1) is 25.1 Å². The maximum Gasteiger partial charge on any atom is 0.311 e. The molecule has 1 saturated carbocycles. The molecule has 1 aliphatic carbocycles. The number of hydrogen-bond acceptors (Lipinski definition) is 6. The number of thiazole rings is 1. The third kappa shape index (κ3) is 5.82. The molecule has 2 aromatic rings. The van der Waals surface area contributed by atoms with E-state index in [2.05, 4.69) is 4.98 Å². The lowest BCUT2D eigenvalue weighted by Crippen LogP contribution is -2.16. The summed E-state index contributed by atoms with van der Waals surface area (Å²) >= 11 is 1.38. The van der Waals surface area contributed by atoms with Gasteiger partial charge < -0.3 is 4.74 Å². The van der Waals surface area contributed by atoms with Crippen molar-refractivity contribution < 1.29 is 19.1 Å². The number of esters is 1. The van der Waals surface area contributed by atoms with E-state index in [0.29, 0.717) is 22.9 Å². The minimum absolute atomic E-state index is 0.0214. The van der Waals surface area contributed by atoms with Crippen molar-refractivity contribution in [3.05, 3.63) is 51.0 Å². The van der Waals surface area contributed by atoms with Crippen molar-refractivity contribution in [2.24, 2.45) is 5.92 Å². The highest BCUT2D eigenvalue weighted by Crippen LogP contribution is 2.29. The van der Waals surface area contributed by atoms with Crippen LogP contribution in [0.4, 0.5) is 0 Å². The Kier molecular flexibility index (Phi) is 7.31. The molecule has 0 atom stereocenters. The molecule has 0 saturated heterocycles. The molecule has 1 aromatic heterocycles. The first kappa shape index (κ1) is 21.4. The predicted octanol–water partition coefficient (Wildman–Crippen LogP) is 4.28. The summed E-state index contributed by atoms with van der Waals surface area (Å²) in [4.78, 5) is 41.6. The summed E-state index contributed by atoms with van der Waals surface area (Å²) in [6, 6.07) is 5.77. The van der Waals surface area contributed by atoms with Crippen molar-refractivity contribution in [3.8, 4) is 0 Å². The van der Waals surface area contributed by atoms with Crippen LogP contribution >= 0.6 is 11.3 Å². The number of rotatable bonds is 9. The lowest BCUT2D eigenvalue weighted by Gasteiger charge is -2.13. The molecule has 3 rings (SSSR count). The van der Waals surface area contributed by atoms with Gasteiger partial charge in [-0.15, -0.1) is 11.3 Å². The van der Waals surface area contributed by atoms with Crippen LogP contribution in [0.25, 0.3) is 0 Å². The largest absolute Gasteiger partial charge is 0.466 e. The second kappa shape index (κ2) is 9.92. The van der Waals surface area contributed by atoms with Crippen molar-refractivity contribution in [1.29, 1.82) is 0 Å². The lowest BCUT2D eigenvalue weighted by molar-refractivity contribution is -0.142. The molecule has 1 fully saturated rings. The van der Waals surface area contributed by atoms with Gasteiger partial charge in [0, 0.05) is 23.3 Å². The van der Waals surface area contributed by atoms with Gasteiger partial charge in [-0.2, -0.15) is 0 Å². The molecule has 1 aliphatic rings. The highest BCUT2D eigenvalue weighted by molar-refractivity contribution is 7.09. The van der Waals surface area contributed by atoms with Gasteiger partial charge in [-0.1, -0.05) is 36.6 Å². The second-order valence-electron chi connectivity index (χ2n) is 7.61. The van der Waals surface area contributed by atoms with E-state index in [1.54, 1.807) is 12.3 Å². The summed E-state index contributed by atoms with van der Waals surface area (Å²) in [5, 5.41) is 2.48. The van der Waals surface area contributed by atoms with Gasteiger partial charge in [0.2, 0.25) is 0 Å². The van der Waals surface area contributed by atoms with Crippen molar-refractivity contribution in [3.63, 3.8) is 0 Å². The topological polar surface area (TPSA) is 73.3 Å². The molecule has 0 bridgehead atoms. The molecule has 0 radical (unpaired) electrons. The number of carbonyl (C=O) groups excluding carboxylic acids is 3. The van der Waals surface area contributed by atoms with Gasteiger partial charge in [0.1, 0.15) is 10.8 Å². The maximum atomic E-state index is 12.9. The summed E-state index contributed by atoms with van der Waals surface area (Å²) in [6.45, 7) is 4.08. The minimum atomic E-state index is -0.314. The zero-order chi connectivity index (χ0) is 20.8. The normalized spacial score (nSPS) is 14.1. The van der Waals surface area contributed by atoms with Gasteiger partial charge in [-0.25, -0.2) is 4.98 Å². The van der Waals surface area contributed by atoms with E-state index in [1.807, 2.05) is 25.1 Å². The first-order valence-corrected chi connectivity index (χ1v) is 11.1. The van der Waals surface area contributed by atoms with Crippen LogP contribution in [0.1, 0.15) is 64.8 Å². The smallest absolute Gasteiger partial charge is 0.311 e. The number of Topliss-reactive ketones (excluding diaryl/α,β-unsaturated/α-hetero) is 2. The van der Waals surface area contributed by atoms with E-state index in [-0.39, 0.29) is 42.7 Å². The van der Waals surface area contributed by atoms with Gasteiger partial charge in [-0.05, 0) is 32.3 Å². The monoisotopic (exact) mass is 413 g/mol. The van der Waals surface area contributed by atoms with Crippen molar-refractivity contribution >= 4 is 28.9 Å². The fourth-order valence-electron chi connectivity index (χ4n) is 3.83. The average molecular weight is 414 g/mol. The SMILES string of the molecule is CCOC(=O)Cc1csc(CC(=O)Cc2cc(C)ccc2C(=O)C2CCCC2)n1. The fourth-order valence-corrected chi connectivity index (χ4v) is 4.65. The fraction of sp³-hybridized carbons (Fsp3) is 0.478. The van der Waals surface area contributed by atoms with Crippen LogP contribution in [0.3, 0.4) is 0 Å². The Bertz CT molecular complexity index is 896. The molecule has 1 aromatic carbocycles. The molecule has 0 N–H and O–H groups in total. The van der Waals surface area contributed by atoms with E-state index < -0.39 is 0 Å². The number of carbonyl (C=O) groups is 3. The Balaban J connectivity index is 1.66. The van der Waals surface area contributed by atoms with E-state index in [4.69, 9.17) is 4.74 Å². The molecular formula is C23H27NO4S. The number of ether oxygens (including phenoxy) is 1. The van der Waals surface area contributed by atoms with E-state index in [9.17, 15) is 14.4 Å². The summed E-state index contributed by atoms with van der Waals surface area (Å²) in [5.41, 5.74) is 3.18. The number of aryl methyl sites for hydroxylation is 1. The van der Waals surface area contributed by atoms with Gasteiger partial charge >= 0.3 is 5.97 Å². The Labute approximate surface area is 175 Å². The Morgan fingerprint density at radius 2 is 1.90 bits per heavy atom. The second-order valence-corrected chi connectivity index (χ2v) is 8.56. The number of benzene rings is 1. The molecule has 5 nitrogen and oxygen atoms in total. The van der Waals surface area contributed by atoms with Gasteiger partial charge in [0.25, 0.3) is 0 Å². The first-order chi connectivity index (χ1) is 14.0. The Morgan fingerprint density at radius 3 is 2.62 bits per heavy atom. The summed E-state index contributed by atoms with van der Waals surface area (Å²) in [7, 11) is 0. The lowest BCUT2D eigenvalue weighted by atomic mass is 9.90. The molecule has 0 spiro atoms. The highest BCUT2D eigenvalue weighted by atomic mass is 32.1. The van der Waals surface area contributed by atoms with Crippen molar-refractivity contribution in [2.75, 3.05) is 6.61 Å². The van der Waals surface area contributed by atoms with Gasteiger partial charge in [0.15, 0.2) is 5.78 Å². The van der Waals surface area contributed by atoms with Crippen LogP contribution in [0.2, 0.25) is 0 Å². The standard InChI is InChI=1S/C23H27NO4S/c1-3-28-22(26)12-18-14-29-21(24-18)13-19(25)11-17-10-15(2)8-9-20(17)23(27)16-6-4-5-7-16/h8-10,14,16H,3-7,11-13H2,1-2H3. The van der Waals surface area contributed by atoms with E-state index in [0.717, 1.165) is 36.8 Å². The third-order valence-electron chi connectivity index (χ3n) is 5.22. The Morgan fingerprint density at radius 1 is 1.14 bits per heavy atom. The number of hydrogen-bond donors (Lipinski definition) is 0. The van der Waals surface area contributed by atoms with Crippen LogP contribution in [0.5, 0.6) is 0 Å². The summed E-state index contributed by atoms with van der Waals surface area (Å²) in [5.74, 6) is -0.0224. The molecule has 6 heteroatoms. The van der Waals surface area contributed by atoms with E-state index >= 15 is 0 Å². The van der Waals surface area contributed by atoms with E-state index in [1.165, 1.54) is 11.3 Å².